The molecule has 2 rings (SSSR count). The van der Waals surface area contributed by atoms with Crippen molar-refractivity contribution in [2.75, 3.05) is 23.7 Å². The Morgan fingerprint density at radius 2 is 1.62 bits per heavy atom. The number of nitrogens with zero attached hydrogens (tertiary/aromatic N) is 2. The van der Waals surface area contributed by atoms with E-state index in [1.807, 2.05) is 58.0 Å². The maximum atomic E-state index is 13.5. The molecule has 0 spiro atoms. The van der Waals surface area contributed by atoms with Gasteiger partial charge in [0, 0.05) is 25.6 Å². The maximum absolute atomic E-state index is 13.5. The van der Waals surface area contributed by atoms with E-state index in [1.54, 1.807) is 29.2 Å². The van der Waals surface area contributed by atoms with Crippen LogP contribution < -0.4 is 14.4 Å². The fourth-order valence-corrected chi connectivity index (χ4v) is 4.99. The number of ether oxygens (including phenoxy) is 1. The Kier molecular flexibility index (Phi) is 11.9. The quantitative estimate of drug-likeness (QED) is 0.369. The summed E-state index contributed by atoms with van der Waals surface area (Å²) >= 11 is 0. The van der Waals surface area contributed by atoms with E-state index in [2.05, 4.69) is 5.32 Å². The molecule has 0 aliphatic rings. The highest BCUT2D eigenvalue weighted by atomic mass is 32.2. The van der Waals surface area contributed by atoms with Crippen LogP contribution in [0.1, 0.15) is 58.9 Å². The van der Waals surface area contributed by atoms with Gasteiger partial charge in [0.1, 0.15) is 11.8 Å². The van der Waals surface area contributed by atoms with E-state index in [1.165, 1.54) is 4.31 Å². The Morgan fingerprint density at radius 1 is 0.973 bits per heavy atom. The highest BCUT2D eigenvalue weighted by Crippen LogP contribution is 2.23. The van der Waals surface area contributed by atoms with Gasteiger partial charge in [-0.3, -0.25) is 13.9 Å². The molecule has 2 aromatic rings. The third-order valence-electron chi connectivity index (χ3n) is 6.17. The van der Waals surface area contributed by atoms with Crippen LogP contribution in [0.4, 0.5) is 5.69 Å². The summed E-state index contributed by atoms with van der Waals surface area (Å²) in [6.45, 7) is 8.68. The maximum Gasteiger partial charge on any atom is 0.243 e. The van der Waals surface area contributed by atoms with Crippen LogP contribution in [0.25, 0.3) is 0 Å². The SMILES string of the molecule is CCOc1ccc(N(CCCC(=O)N(Cc2ccccc2)[C@@H](CC)C(=O)N[C@H](C)CC)S(C)(=O)=O)cc1. The van der Waals surface area contributed by atoms with Gasteiger partial charge in [-0.1, -0.05) is 44.2 Å². The fraction of sp³-hybridized carbons (Fsp3) is 0.500. The van der Waals surface area contributed by atoms with Crippen molar-refractivity contribution >= 4 is 27.5 Å². The minimum absolute atomic E-state index is 0.00709. The number of amides is 2. The molecule has 204 valence electrons. The monoisotopic (exact) mass is 531 g/mol. The van der Waals surface area contributed by atoms with Crippen LogP contribution in [0.2, 0.25) is 0 Å². The first-order chi connectivity index (χ1) is 17.6. The van der Waals surface area contributed by atoms with Crippen LogP contribution in [-0.4, -0.2) is 56.6 Å². The number of sulfonamides is 1. The van der Waals surface area contributed by atoms with Crippen molar-refractivity contribution < 1.29 is 22.7 Å². The molecular weight excluding hydrogens is 490 g/mol. The van der Waals surface area contributed by atoms with Crippen LogP contribution in [0.3, 0.4) is 0 Å². The van der Waals surface area contributed by atoms with Crippen LogP contribution in [0.5, 0.6) is 5.75 Å². The Hall–Kier alpha value is -3.07. The first-order valence-corrected chi connectivity index (χ1v) is 14.8. The Labute approximate surface area is 222 Å². The van der Waals surface area contributed by atoms with E-state index < -0.39 is 16.1 Å². The van der Waals surface area contributed by atoms with Gasteiger partial charge >= 0.3 is 0 Å². The minimum atomic E-state index is -3.56. The normalized spacial score (nSPS) is 12.9. The summed E-state index contributed by atoms with van der Waals surface area (Å²) in [6, 6.07) is 15.8. The lowest BCUT2D eigenvalue weighted by atomic mass is 10.1. The highest BCUT2D eigenvalue weighted by molar-refractivity contribution is 7.92. The summed E-state index contributed by atoms with van der Waals surface area (Å²) in [6.07, 6.45) is 2.85. The van der Waals surface area contributed by atoms with Crippen molar-refractivity contribution in [3.05, 3.63) is 60.2 Å². The average molecular weight is 532 g/mol. The predicted molar refractivity (Wildman–Crippen MR) is 148 cm³/mol. The molecule has 2 amide bonds. The van der Waals surface area contributed by atoms with Crippen LogP contribution in [0.15, 0.2) is 54.6 Å². The molecule has 9 heteroatoms. The van der Waals surface area contributed by atoms with Crippen LogP contribution in [0, 0.1) is 0 Å². The van der Waals surface area contributed by atoms with Gasteiger partial charge in [0.05, 0.1) is 18.6 Å². The molecule has 2 aromatic carbocycles. The number of hydrogen-bond donors (Lipinski definition) is 1. The first kappa shape index (κ1) is 30.2. The number of carbonyl (C=O) groups is 2. The molecule has 0 aliphatic heterocycles. The van der Waals surface area contributed by atoms with Gasteiger partial charge in [0.15, 0.2) is 0 Å². The molecule has 0 saturated heterocycles. The zero-order valence-corrected chi connectivity index (χ0v) is 23.5. The number of rotatable bonds is 15. The molecule has 0 aromatic heterocycles. The lowest BCUT2D eigenvalue weighted by molar-refractivity contribution is -0.141. The van der Waals surface area contributed by atoms with E-state index in [9.17, 15) is 18.0 Å². The zero-order chi connectivity index (χ0) is 27.4. The van der Waals surface area contributed by atoms with E-state index >= 15 is 0 Å². The zero-order valence-electron chi connectivity index (χ0n) is 22.6. The molecule has 2 atom stereocenters. The summed E-state index contributed by atoms with van der Waals surface area (Å²) < 4.78 is 31.8. The topological polar surface area (TPSA) is 96.0 Å². The van der Waals surface area contributed by atoms with Crippen molar-refractivity contribution in [2.45, 2.75) is 72.0 Å². The van der Waals surface area contributed by atoms with Gasteiger partial charge in [0.2, 0.25) is 21.8 Å². The lowest BCUT2D eigenvalue weighted by Crippen LogP contribution is -2.50. The molecule has 1 N–H and O–H groups in total. The highest BCUT2D eigenvalue weighted by Gasteiger charge is 2.29. The van der Waals surface area contributed by atoms with Gasteiger partial charge in [-0.05, 0) is 62.9 Å². The van der Waals surface area contributed by atoms with E-state index in [-0.39, 0.29) is 30.8 Å². The second-order valence-corrected chi connectivity index (χ2v) is 11.0. The van der Waals surface area contributed by atoms with E-state index in [0.29, 0.717) is 37.4 Å². The summed E-state index contributed by atoms with van der Waals surface area (Å²) in [7, 11) is -3.56. The van der Waals surface area contributed by atoms with Crippen LogP contribution in [-0.2, 0) is 26.2 Å². The molecule has 37 heavy (non-hydrogen) atoms. The van der Waals surface area contributed by atoms with Gasteiger partial charge < -0.3 is 15.0 Å². The molecule has 0 fully saturated rings. The predicted octanol–water partition coefficient (Wildman–Crippen LogP) is 4.35. The largest absolute Gasteiger partial charge is 0.494 e. The molecule has 8 nitrogen and oxygen atoms in total. The molecule has 0 saturated carbocycles. The van der Waals surface area contributed by atoms with Gasteiger partial charge in [0.25, 0.3) is 0 Å². The standard InChI is InChI=1S/C28H41N3O5S/c1-6-22(4)29-28(33)26(7-2)30(21-23-13-10-9-11-14-23)27(32)15-12-20-31(37(5,34)35)24-16-18-25(19-17-24)36-8-3/h9-11,13-14,16-19,22,26H,6-8,12,15,20-21H2,1-5H3,(H,29,33)/t22-,26+/m1/s1. The Balaban J connectivity index is 2.18. The van der Waals surface area contributed by atoms with Gasteiger partial charge in [-0.25, -0.2) is 8.42 Å². The van der Waals surface area contributed by atoms with Crippen molar-refractivity contribution in [3.63, 3.8) is 0 Å². The fourth-order valence-electron chi connectivity index (χ4n) is 4.02. The van der Waals surface area contributed by atoms with Crippen LogP contribution >= 0.6 is 0 Å². The summed E-state index contributed by atoms with van der Waals surface area (Å²) in [4.78, 5) is 28.1. The summed E-state index contributed by atoms with van der Waals surface area (Å²) in [5.74, 6) is 0.302. The van der Waals surface area contributed by atoms with Gasteiger partial charge in [-0.2, -0.15) is 0 Å². The number of anilines is 1. The summed E-state index contributed by atoms with van der Waals surface area (Å²) in [5, 5.41) is 3.00. The number of benzene rings is 2. The van der Waals surface area contributed by atoms with E-state index in [0.717, 1.165) is 18.2 Å². The third kappa shape index (κ3) is 9.39. The van der Waals surface area contributed by atoms with Crippen molar-refractivity contribution in [1.29, 1.82) is 0 Å². The molecular formula is C28H41N3O5S. The molecule has 0 heterocycles. The number of hydrogen-bond acceptors (Lipinski definition) is 5. The Morgan fingerprint density at radius 3 is 2.16 bits per heavy atom. The molecule has 0 bridgehead atoms. The average Bonchev–Trinajstić information content (AvgIpc) is 2.87. The first-order valence-electron chi connectivity index (χ1n) is 12.9. The Bertz CT molecular complexity index is 1090. The minimum Gasteiger partial charge on any atom is -0.494 e. The number of carbonyl (C=O) groups excluding carboxylic acids is 2. The molecule has 0 unspecified atom stereocenters. The van der Waals surface area contributed by atoms with Crippen molar-refractivity contribution in [2.24, 2.45) is 0 Å². The van der Waals surface area contributed by atoms with Crippen molar-refractivity contribution in [3.8, 4) is 5.75 Å². The number of nitrogens with one attached hydrogen (secondary N) is 1. The second kappa shape index (κ2) is 14.6. The lowest BCUT2D eigenvalue weighted by Gasteiger charge is -2.32. The van der Waals surface area contributed by atoms with Crippen molar-refractivity contribution in [1.82, 2.24) is 10.2 Å². The summed E-state index contributed by atoms with van der Waals surface area (Å²) in [5.41, 5.74) is 1.44. The third-order valence-corrected chi connectivity index (χ3v) is 7.36. The van der Waals surface area contributed by atoms with Gasteiger partial charge in [-0.15, -0.1) is 0 Å². The molecule has 0 radical (unpaired) electrons. The smallest absolute Gasteiger partial charge is 0.243 e. The van der Waals surface area contributed by atoms with E-state index in [4.69, 9.17) is 4.74 Å². The second-order valence-electron chi connectivity index (χ2n) is 9.11. The molecule has 0 aliphatic carbocycles.